The number of likely N-dealkylation sites (N-methyl/N-ethyl adjacent to an activating group) is 1. The molecule has 0 fully saturated rings. The van der Waals surface area contributed by atoms with Crippen molar-refractivity contribution in [3.8, 4) is 0 Å². The maximum atomic E-state index is 3.63. The largest absolute Gasteiger partial charge is 0.313 e. The number of nitrogens with one attached hydrogen (secondary N) is 1. The topological polar surface area (TPSA) is 15.3 Å². The highest BCUT2D eigenvalue weighted by atomic mass is 15.1. The van der Waals surface area contributed by atoms with Crippen LogP contribution in [0.25, 0.3) is 0 Å². The molecule has 0 aliphatic heterocycles. The fraction of sp³-hybridized carbons (Fsp3) is 1.00. The van der Waals surface area contributed by atoms with Gasteiger partial charge in [0.15, 0.2) is 0 Å². The van der Waals surface area contributed by atoms with Gasteiger partial charge in [-0.05, 0) is 39.8 Å². The summed E-state index contributed by atoms with van der Waals surface area (Å²) in [5.74, 6) is 0.778. The molecule has 92 valence electrons. The Hall–Kier alpha value is -0.0800. The fourth-order valence-electron chi connectivity index (χ4n) is 1.89. The van der Waals surface area contributed by atoms with E-state index in [2.05, 4.69) is 52.0 Å². The molecule has 2 nitrogen and oxygen atoms in total. The van der Waals surface area contributed by atoms with Gasteiger partial charge in [-0.2, -0.15) is 0 Å². The van der Waals surface area contributed by atoms with Crippen LogP contribution >= 0.6 is 0 Å². The van der Waals surface area contributed by atoms with Gasteiger partial charge in [-0.25, -0.2) is 0 Å². The van der Waals surface area contributed by atoms with Crippen molar-refractivity contribution in [2.45, 2.75) is 59.0 Å². The Morgan fingerprint density at radius 2 is 1.73 bits per heavy atom. The first-order valence-corrected chi connectivity index (χ1v) is 6.37. The zero-order valence-corrected chi connectivity index (χ0v) is 11.5. The Morgan fingerprint density at radius 1 is 1.13 bits per heavy atom. The molecule has 0 aliphatic carbocycles. The highest BCUT2D eigenvalue weighted by Crippen LogP contribution is 2.08. The number of hydrogen-bond acceptors (Lipinski definition) is 2. The van der Waals surface area contributed by atoms with E-state index in [1.807, 2.05) is 0 Å². The van der Waals surface area contributed by atoms with Gasteiger partial charge in [0.2, 0.25) is 0 Å². The van der Waals surface area contributed by atoms with Crippen LogP contribution in [0.1, 0.15) is 47.0 Å². The van der Waals surface area contributed by atoms with Crippen molar-refractivity contribution in [2.75, 3.05) is 20.6 Å². The summed E-state index contributed by atoms with van der Waals surface area (Å²) in [6.45, 7) is 10.2. The summed E-state index contributed by atoms with van der Waals surface area (Å²) >= 11 is 0. The summed E-state index contributed by atoms with van der Waals surface area (Å²) in [7, 11) is 4.36. The van der Waals surface area contributed by atoms with Crippen LogP contribution in [0.4, 0.5) is 0 Å². The fourth-order valence-corrected chi connectivity index (χ4v) is 1.89. The Labute approximate surface area is 96.4 Å². The Morgan fingerprint density at radius 3 is 2.13 bits per heavy atom. The van der Waals surface area contributed by atoms with Crippen LogP contribution in [0.3, 0.4) is 0 Å². The second kappa shape index (κ2) is 8.12. The molecule has 0 spiro atoms. The molecule has 0 saturated carbocycles. The van der Waals surface area contributed by atoms with Crippen LogP contribution in [0.2, 0.25) is 0 Å². The molecule has 0 aliphatic rings. The standard InChI is InChI=1S/C13H30N2/c1-7-8-12(4)14-10-13(15(5)6)9-11(2)3/h11-14H,7-10H2,1-6H3. The van der Waals surface area contributed by atoms with Crippen molar-refractivity contribution in [3.63, 3.8) is 0 Å². The van der Waals surface area contributed by atoms with Crippen molar-refractivity contribution in [1.82, 2.24) is 10.2 Å². The summed E-state index contributed by atoms with van der Waals surface area (Å²) in [6.07, 6.45) is 3.83. The van der Waals surface area contributed by atoms with Gasteiger partial charge in [-0.1, -0.05) is 27.2 Å². The van der Waals surface area contributed by atoms with Crippen molar-refractivity contribution in [2.24, 2.45) is 5.92 Å². The van der Waals surface area contributed by atoms with Crippen LogP contribution in [-0.4, -0.2) is 37.6 Å². The molecule has 0 heterocycles. The summed E-state index contributed by atoms with van der Waals surface area (Å²) < 4.78 is 0. The average Bonchev–Trinajstić information content (AvgIpc) is 2.11. The first-order valence-electron chi connectivity index (χ1n) is 6.37. The average molecular weight is 214 g/mol. The van der Waals surface area contributed by atoms with E-state index in [4.69, 9.17) is 0 Å². The van der Waals surface area contributed by atoms with E-state index >= 15 is 0 Å². The van der Waals surface area contributed by atoms with E-state index in [-0.39, 0.29) is 0 Å². The summed E-state index contributed by atoms with van der Waals surface area (Å²) in [6, 6.07) is 1.33. The van der Waals surface area contributed by atoms with Gasteiger partial charge in [0.1, 0.15) is 0 Å². The molecule has 0 radical (unpaired) electrons. The first-order chi connectivity index (χ1) is 6.97. The van der Waals surface area contributed by atoms with Gasteiger partial charge in [-0.15, -0.1) is 0 Å². The van der Waals surface area contributed by atoms with E-state index in [0.717, 1.165) is 12.5 Å². The van der Waals surface area contributed by atoms with Gasteiger partial charge < -0.3 is 10.2 Å². The molecule has 2 atom stereocenters. The number of hydrogen-bond donors (Lipinski definition) is 1. The second-order valence-corrected chi connectivity index (χ2v) is 5.34. The molecule has 15 heavy (non-hydrogen) atoms. The molecule has 0 bridgehead atoms. The molecule has 1 N–H and O–H groups in total. The van der Waals surface area contributed by atoms with Crippen molar-refractivity contribution < 1.29 is 0 Å². The normalized spacial score (nSPS) is 16.0. The molecular weight excluding hydrogens is 184 g/mol. The molecular formula is C13H30N2. The lowest BCUT2D eigenvalue weighted by Crippen LogP contribution is -2.41. The van der Waals surface area contributed by atoms with Crippen molar-refractivity contribution in [3.05, 3.63) is 0 Å². The van der Waals surface area contributed by atoms with Crippen LogP contribution in [-0.2, 0) is 0 Å². The highest BCUT2D eigenvalue weighted by Gasteiger charge is 2.13. The lowest BCUT2D eigenvalue weighted by molar-refractivity contribution is 0.240. The van der Waals surface area contributed by atoms with Crippen LogP contribution in [0, 0.1) is 5.92 Å². The minimum Gasteiger partial charge on any atom is -0.313 e. The van der Waals surface area contributed by atoms with Crippen LogP contribution < -0.4 is 5.32 Å². The van der Waals surface area contributed by atoms with Gasteiger partial charge in [0, 0.05) is 18.6 Å². The van der Waals surface area contributed by atoms with Gasteiger partial charge in [0.25, 0.3) is 0 Å². The second-order valence-electron chi connectivity index (χ2n) is 5.34. The Balaban J connectivity index is 3.85. The van der Waals surface area contributed by atoms with Crippen molar-refractivity contribution >= 4 is 0 Å². The predicted molar refractivity (Wildman–Crippen MR) is 69.3 cm³/mol. The molecule has 0 amide bonds. The third-order valence-electron chi connectivity index (χ3n) is 2.90. The molecule has 0 saturated heterocycles. The van der Waals surface area contributed by atoms with Crippen molar-refractivity contribution in [1.29, 1.82) is 0 Å². The lowest BCUT2D eigenvalue weighted by Gasteiger charge is -2.27. The minimum absolute atomic E-state index is 0.657. The van der Waals surface area contributed by atoms with E-state index < -0.39 is 0 Å². The molecule has 0 aromatic heterocycles. The van der Waals surface area contributed by atoms with E-state index in [1.54, 1.807) is 0 Å². The third-order valence-corrected chi connectivity index (χ3v) is 2.90. The Bertz CT molecular complexity index is 143. The van der Waals surface area contributed by atoms with E-state index in [1.165, 1.54) is 19.3 Å². The van der Waals surface area contributed by atoms with Crippen LogP contribution in [0.15, 0.2) is 0 Å². The van der Waals surface area contributed by atoms with E-state index in [9.17, 15) is 0 Å². The molecule has 0 aromatic carbocycles. The highest BCUT2D eigenvalue weighted by molar-refractivity contribution is 4.73. The van der Waals surface area contributed by atoms with E-state index in [0.29, 0.717) is 12.1 Å². The number of nitrogens with zero attached hydrogens (tertiary/aromatic N) is 1. The molecule has 2 unspecified atom stereocenters. The number of rotatable bonds is 8. The van der Waals surface area contributed by atoms with Gasteiger partial charge >= 0.3 is 0 Å². The lowest BCUT2D eigenvalue weighted by atomic mass is 10.0. The maximum Gasteiger partial charge on any atom is 0.0217 e. The summed E-state index contributed by atoms with van der Waals surface area (Å²) in [4.78, 5) is 2.34. The zero-order chi connectivity index (χ0) is 11.8. The summed E-state index contributed by atoms with van der Waals surface area (Å²) in [5.41, 5.74) is 0. The monoisotopic (exact) mass is 214 g/mol. The first kappa shape index (κ1) is 14.9. The molecule has 0 aromatic rings. The zero-order valence-electron chi connectivity index (χ0n) is 11.5. The summed E-state index contributed by atoms with van der Waals surface area (Å²) in [5, 5.41) is 3.63. The molecule has 2 heteroatoms. The maximum absolute atomic E-state index is 3.63. The third kappa shape index (κ3) is 7.80. The van der Waals surface area contributed by atoms with Crippen LogP contribution in [0.5, 0.6) is 0 Å². The Kier molecular flexibility index (Phi) is 8.07. The van der Waals surface area contributed by atoms with Gasteiger partial charge in [0.05, 0.1) is 0 Å². The van der Waals surface area contributed by atoms with Gasteiger partial charge in [-0.3, -0.25) is 0 Å². The molecule has 0 rings (SSSR count). The SMILES string of the molecule is CCCC(C)NCC(CC(C)C)N(C)C. The quantitative estimate of drug-likeness (QED) is 0.668. The predicted octanol–water partition coefficient (Wildman–Crippen LogP) is 2.74. The smallest absolute Gasteiger partial charge is 0.0217 e. The minimum atomic E-state index is 0.657.